The summed E-state index contributed by atoms with van der Waals surface area (Å²) in [6.07, 6.45) is 0.584. The lowest BCUT2D eigenvalue weighted by Gasteiger charge is -2.12. The van der Waals surface area contributed by atoms with E-state index in [9.17, 15) is 18.5 Å². The first kappa shape index (κ1) is 16.6. The zero-order valence-corrected chi connectivity index (χ0v) is 12.7. The van der Waals surface area contributed by atoms with Crippen LogP contribution in [0.3, 0.4) is 0 Å². The first-order chi connectivity index (χ1) is 10.3. The molecule has 1 heterocycles. The average molecular weight is 331 g/mol. The molecule has 22 heavy (non-hydrogen) atoms. The van der Waals surface area contributed by atoms with Crippen molar-refractivity contribution in [3.63, 3.8) is 0 Å². The number of sulfonamides is 1. The van der Waals surface area contributed by atoms with Crippen molar-refractivity contribution in [2.45, 2.75) is 23.5 Å². The van der Waals surface area contributed by atoms with Gasteiger partial charge in [0.2, 0.25) is 10.0 Å². The van der Waals surface area contributed by atoms with Crippen molar-refractivity contribution >= 4 is 21.4 Å². The molecule has 2 atom stereocenters. The third-order valence-electron chi connectivity index (χ3n) is 3.39. The molecule has 10 heteroatoms. The first-order valence-electron chi connectivity index (χ1n) is 6.50. The topological polar surface area (TPSA) is 134 Å². The van der Waals surface area contributed by atoms with Gasteiger partial charge in [0.25, 0.3) is 5.69 Å². The van der Waals surface area contributed by atoms with E-state index in [0.29, 0.717) is 19.6 Å². The Labute approximate surface area is 127 Å². The number of nitrogens with zero attached hydrogens (tertiary/aromatic N) is 1. The highest BCUT2D eigenvalue weighted by Gasteiger charge is 2.26. The van der Waals surface area contributed by atoms with Gasteiger partial charge >= 0.3 is 0 Å². The summed E-state index contributed by atoms with van der Waals surface area (Å²) in [5, 5.41) is 19.0. The predicted molar refractivity (Wildman–Crippen MR) is 78.1 cm³/mol. The molecular formula is C12H17N3O6S. The Hall–Kier alpha value is -1.75. The quantitative estimate of drug-likeness (QED) is 0.571. The maximum absolute atomic E-state index is 11.3. The van der Waals surface area contributed by atoms with Gasteiger partial charge in [-0.25, -0.2) is 13.6 Å². The van der Waals surface area contributed by atoms with E-state index in [4.69, 9.17) is 14.6 Å². The van der Waals surface area contributed by atoms with Crippen LogP contribution in [0.1, 0.15) is 6.42 Å². The number of hydrogen-bond donors (Lipinski definition) is 2. The SMILES string of the molecule is COC1CO[C@H](CNc2ccc(S(N)(=O)=O)cc2[N+](=O)[O-])C1. The zero-order valence-electron chi connectivity index (χ0n) is 11.9. The number of nitrogens with one attached hydrogen (secondary N) is 1. The Morgan fingerprint density at radius 1 is 1.55 bits per heavy atom. The summed E-state index contributed by atoms with van der Waals surface area (Å²) in [6, 6.07) is 3.48. The number of rotatable bonds is 6. The van der Waals surface area contributed by atoms with Crippen LogP contribution in [0.5, 0.6) is 0 Å². The van der Waals surface area contributed by atoms with Crippen LogP contribution in [0, 0.1) is 10.1 Å². The van der Waals surface area contributed by atoms with Gasteiger partial charge in [-0.15, -0.1) is 0 Å². The second-order valence-electron chi connectivity index (χ2n) is 4.91. The normalized spacial score (nSPS) is 21.7. The van der Waals surface area contributed by atoms with Crippen LogP contribution in [0.15, 0.2) is 23.1 Å². The van der Waals surface area contributed by atoms with Gasteiger partial charge in [-0.3, -0.25) is 10.1 Å². The van der Waals surface area contributed by atoms with Crippen LogP contribution in [0.2, 0.25) is 0 Å². The summed E-state index contributed by atoms with van der Waals surface area (Å²) >= 11 is 0. The molecule has 0 aromatic heterocycles. The minimum Gasteiger partial charge on any atom is -0.379 e. The third kappa shape index (κ3) is 3.91. The second-order valence-corrected chi connectivity index (χ2v) is 6.47. The van der Waals surface area contributed by atoms with Gasteiger partial charge in [-0.1, -0.05) is 0 Å². The van der Waals surface area contributed by atoms with Crippen molar-refractivity contribution in [2.75, 3.05) is 25.6 Å². The monoisotopic (exact) mass is 331 g/mol. The van der Waals surface area contributed by atoms with Gasteiger partial charge in [-0.05, 0) is 12.1 Å². The summed E-state index contributed by atoms with van der Waals surface area (Å²) in [5.41, 5.74) is -0.144. The molecule has 9 nitrogen and oxygen atoms in total. The van der Waals surface area contributed by atoms with Crippen LogP contribution in [0.4, 0.5) is 11.4 Å². The van der Waals surface area contributed by atoms with Crippen molar-refractivity contribution in [1.29, 1.82) is 0 Å². The molecule has 122 valence electrons. The molecule has 1 aliphatic heterocycles. The molecule has 1 aromatic carbocycles. The number of ether oxygens (including phenoxy) is 2. The van der Waals surface area contributed by atoms with E-state index in [0.717, 1.165) is 6.07 Å². The van der Waals surface area contributed by atoms with E-state index in [1.165, 1.54) is 12.1 Å². The fraction of sp³-hybridized carbons (Fsp3) is 0.500. The number of hydrogen-bond acceptors (Lipinski definition) is 7. The summed E-state index contributed by atoms with van der Waals surface area (Å²) in [4.78, 5) is 10.1. The molecule has 0 spiro atoms. The van der Waals surface area contributed by atoms with E-state index >= 15 is 0 Å². The maximum atomic E-state index is 11.3. The van der Waals surface area contributed by atoms with Crippen LogP contribution >= 0.6 is 0 Å². The molecule has 0 amide bonds. The molecule has 1 fully saturated rings. The van der Waals surface area contributed by atoms with Gasteiger partial charge in [0.1, 0.15) is 5.69 Å². The number of nitro benzene ring substituents is 1. The number of methoxy groups -OCH3 is 1. The van der Waals surface area contributed by atoms with Crippen LogP contribution in [0.25, 0.3) is 0 Å². The van der Waals surface area contributed by atoms with Gasteiger partial charge in [0.15, 0.2) is 0 Å². The highest BCUT2D eigenvalue weighted by Crippen LogP contribution is 2.27. The molecule has 0 bridgehead atoms. The molecular weight excluding hydrogens is 314 g/mol. The van der Waals surface area contributed by atoms with E-state index in [-0.39, 0.29) is 28.5 Å². The summed E-state index contributed by atoms with van der Waals surface area (Å²) < 4.78 is 33.2. The van der Waals surface area contributed by atoms with E-state index in [1.54, 1.807) is 7.11 Å². The average Bonchev–Trinajstić information content (AvgIpc) is 2.91. The maximum Gasteiger partial charge on any atom is 0.293 e. The molecule has 0 radical (unpaired) electrons. The highest BCUT2D eigenvalue weighted by molar-refractivity contribution is 7.89. The Morgan fingerprint density at radius 3 is 2.82 bits per heavy atom. The van der Waals surface area contributed by atoms with Gasteiger partial charge in [0.05, 0.1) is 28.6 Å². The molecule has 1 aromatic rings. The summed E-state index contributed by atoms with van der Waals surface area (Å²) in [7, 11) is -2.39. The fourth-order valence-corrected chi connectivity index (χ4v) is 2.73. The van der Waals surface area contributed by atoms with Crippen LogP contribution in [-0.2, 0) is 19.5 Å². The van der Waals surface area contributed by atoms with Crippen molar-refractivity contribution in [1.82, 2.24) is 0 Å². The van der Waals surface area contributed by atoms with Crippen LogP contribution in [-0.4, -0.2) is 45.8 Å². The summed E-state index contributed by atoms with van der Waals surface area (Å²) in [5.74, 6) is 0. The van der Waals surface area contributed by atoms with Crippen molar-refractivity contribution in [2.24, 2.45) is 5.14 Å². The largest absolute Gasteiger partial charge is 0.379 e. The summed E-state index contributed by atoms with van der Waals surface area (Å²) in [6.45, 7) is 0.838. The van der Waals surface area contributed by atoms with Crippen molar-refractivity contribution in [3.8, 4) is 0 Å². The zero-order chi connectivity index (χ0) is 16.3. The predicted octanol–water partition coefficient (Wildman–Crippen LogP) is 0.458. The van der Waals surface area contributed by atoms with Gasteiger partial charge in [-0.2, -0.15) is 0 Å². The van der Waals surface area contributed by atoms with Gasteiger partial charge < -0.3 is 14.8 Å². The van der Waals surface area contributed by atoms with Crippen molar-refractivity contribution in [3.05, 3.63) is 28.3 Å². The highest BCUT2D eigenvalue weighted by atomic mass is 32.2. The number of anilines is 1. The van der Waals surface area contributed by atoms with Gasteiger partial charge in [0, 0.05) is 26.1 Å². The molecule has 0 saturated carbocycles. The molecule has 3 N–H and O–H groups in total. The number of nitro groups is 1. The molecule has 1 unspecified atom stereocenters. The smallest absolute Gasteiger partial charge is 0.293 e. The lowest BCUT2D eigenvalue weighted by atomic mass is 10.2. The Kier molecular flexibility index (Phi) is 4.96. The Morgan fingerprint density at radius 2 is 2.27 bits per heavy atom. The second kappa shape index (κ2) is 6.57. The number of benzene rings is 1. The molecule has 1 aliphatic rings. The van der Waals surface area contributed by atoms with Crippen molar-refractivity contribution < 1.29 is 22.8 Å². The lowest BCUT2D eigenvalue weighted by molar-refractivity contribution is -0.384. The first-order valence-corrected chi connectivity index (χ1v) is 8.05. The number of nitrogens with two attached hydrogens (primary N) is 1. The Bertz CT molecular complexity index is 663. The molecule has 0 aliphatic carbocycles. The minimum absolute atomic E-state index is 0.0199. The fourth-order valence-electron chi connectivity index (χ4n) is 2.19. The third-order valence-corrected chi connectivity index (χ3v) is 4.30. The van der Waals surface area contributed by atoms with E-state index < -0.39 is 14.9 Å². The molecule has 2 rings (SSSR count). The Balaban J connectivity index is 2.12. The standard InChI is InChI=1S/C12H17N3O6S/c1-20-9-4-8(21-7-9)6-14-11-3-2-10(22(13,18)19)5-12(11)15(16)17/h2-3,5,8-9,14H,4,6-7H2,1H3,(H2,13,18,19)/t8-,9?/m0/s1. The van der Waals surface area contributed by atoms with Crippen LogP contribution < -0.4 is 10.5 Å². The van der Waals surface area contributed by atoms with E-state index in [2.05, 4.69) is 5.32 Å². The molecule has 1 saturated heterocycles. The minimum atomic E-state index is -3.99. The lowest BCUT2D eigenvalue weighted by Crippen LogP contribution is -2.20. The number of primary sulfonamides is 1. The van der Waals surface area contributed by atoms with E-state index in [1.807, 2.05) is 0 Å².